The second kappa shape index (κ2) is 4.84. The van der Waals surface area contributed by atoms with Crippen molar-refractivity contribution in [2.45, 2.75) is 12.5 Å². The Kier molecular flexibility index (Phi) is 3.24. The Morgan fingerprint density at radius 2 is 1.94 bits per heavy atom. The number of imide groups is 1. The zero-order valence-electron chi connectivity index (χ0n) is 9.42. The van der Waals surface area contributed by atoms with Gasteiger partial charge in [0.2, 0.25) is 5.91 Å². The van der Waals surface area contributed by atoms with Crippen LogP contribution in [0.15, 0.2) is 30.3 Å². The number of nitrogens with one attached hydrogen (secondary N) is 2. The van der Waals surface area contributed by atoms with E-state index in [0.29, 0.717) is 5.69 Å². The lowest BCUT2D eigenvalue weighted by Crippen LogP contribution is -2.50. The molecule has 0 aliphatic carbocycles. The molecule has 2 rings (SSSR count). The van der Waals surface area contributed by atoms with Crippen LogP contribution >= 0.6 is 0 Å². The highest BCUT2D eigenvalue weighted by Gasteiger charge is 2.39. The van der Waals surface area contributed by atoms with E-state index in [1.165, 1.54) is 0 Å². The maximum absolute atomic E-state index is 12.0. The summed E-state index contributed by atoms with van der Waals surface area (Å²) in [6, 6.07) is 6.99. The van der Waals surface area contributed by atoms with Crippen LogP contribution in [0.25, 0.3) is 0 Å². The van der Waals surface area contributed by atoms with Gasteiger partial charge in [-0.3, -0.25) is 15.0 Å². The number of primary amides is 1. The molecule has 1 aromatic rings. The lowest BCUT2D eigenvalue weighted by molar-refractivity contribution is -0.121. The van der Waals surface area contributed by atoms with Crippen LogP contribution in [0.5, 0.6) is 0 Å². The van der Waals surface area contributed by atoms with Crippen molar-refractivity contribution in [3.05, 3.63) is 30.3 Å². The second-order valence-electron chi connectivity index (χ2n) is 3.79. The number of hydrogen-bond acceptors (Lipinski definition) is 4. The molecule has 1 aromatic carbocycles. The number of nitrogens with zero attached hydrogens (tertiary/aromatic N) is 1. The summed E-state index contributed by atoms with van der Waals surface area (Å²) < 4.78 is 0. The standard InChI is InChI=1S/C11H12N4O3/c12-11(18)14-13-8-6-9(16)15(10(8)17)7-4-2-1-3-5-7/h1-5,8,13H,6H2,(H3,12,14,18)/t8-/m1/s1. The van der Waals surface area contributed by atoms with E-state index in [1.807, 2.05) is 0 Å². The molecule has 0 spiro atoms. The fraction of sp³-hybridized carbons (Fsp3) is 0.182. The summed E-state index contributed by atoms with van der Waals surface area (Å²) in [7, 11) is 0. The molecule has 7 heteroatoms. The van der Waals surface area contributed by atoms with Crippen molar-refractivity contribution in [1.82, 2.24) is 10.9 Å². The van der Waals surface area contributed by atoms with Crippen molar-refractivity contribution in [3.8, 4) is 0 Å². The third-order valence-electron chi connectivity index (χ3n) is 2.53. The summed E-state index contributed by atoms with van der Waals surface area (Å²) in [5.41, 5.74) is 9.91. The van der Waals surface area contributed by atoms with Gasteiger partial charge in [-0.15, -0.1) is 0 Å². The zero-order chi connectivity index (χ0) is 13.1. The Labute approximate surface area is 103 Å². The highest BCUT2D eigenvalue weighted by atomic mass is 16.2. The number of para-hydroxylation sites is 1. The molecule has 1 aliphatic heterocycles. The van der Waals surface area contributed by atoms with Gasteiger partial charge in [-0.2, -0.15) is 0 Å². The van der Waals surface area contributed by atoms with Crippen molar-refractivity contribution in [2.24, 2.45) is 5.73 Å². The van der Waals surface area contributed by atoms with Crippen LogP contribution in [0.2, 0.25) is 0 Å². The summed E-state index contributed by atoms with van der Waals surface area (Å²) in [6.45, 7) is 0. The van der Waals surface area contributed by atoms with Gasteiger partial charge >= 0.3 is 6.03 Å². The average molecular weight is 248 g/mol. The number of urea groups is 1. The third kappa shape index (κ3) is 2.30. The van der Waals surface area contributed by atoms with E-state index in [4.69, 9.17) is 5.73 Å². The minimum absolute atomic E-state index is 0.0198. The van der Waals surface area contributed by atoms with Gasteiger partial charge in [-0.1, -0.05) is 18.2 Å². The van der Waals surface area contributed by atoms with Gasteiger partial charge in [0.15, 0.2) is 0 Å². The smallest absolute Gasteiger partial charge is 0.326 e. The Bertz CT molecular complexity index is 488. The Balaban J connectivity index is 2.12. The molecule has 1 fully saturated rings. The van der Waals surface area contributed by atoms with E-state index < -0.39 is 18.0 Å². The zero-order valence-corrected chi connectivity index (χ0v) is 9.42. The van der Waals surface area contributed by atoms with Gasteiger partial charge < -0.3 is 5.73 Å². The van der Waals surface area contributed by atoms with Gasteiger partial charge in [0.05, 0.1) is 12.1 Å². The maximum atomic E-state index is 12.0. The summed E-state index contributed by atoms with van der Waals surface area (Å²) in [4.78, 5) is 35.4. The summed E-state index contributed by atoms with van der Waals surface area (Å²) in [5, 5.41) is 0. The molecule has 94 valence electrons. The topological polar surface area (TPSA) is 105 Å². The predicted octanol–water partition coefficient (Wildman–Crippen LogP) is -0.509. The Morgan fingerprint density at radius 1 is 1.28 bits per heavy atom. The minimum atomic E-state index is -0.812. The van der Waals surface area contributed by atoms with Gasteiger partial charge in [0.25, 0.3) is 5.91 Å². The van der Waals surface area contributed by atoms with Crippen LogP contribution in [0.4, 0.5) is 10.5 Å². The number of benzene rings is 1. The Hall–Kier alpha value is -2.41. The van der Waals surface area contributed by atoms with Crippen molar-refractivity contribution >= 4 is 23.5 Å². The molecular weight excluding hydrogens is 236 g/mol. The van der Waals surface area contributed by atoms with Crippen molar-refractivity contribution < 1.29 is 14.4 Å². The quantitative estimate of drug-likeness (QED) is 0.495. The average Bonchev–Trinajstić information content (AvgIpc) is 2.63. The SMILES string of the molecule is NC(=O)NN[C@@H]1CC(=O)N(c2ccccc2)C1=O. The second-order valence-corrected chi connectivity index (χ2v) is 3.79. The molecule has 0 unspecified atom stereocenters. The predicted molar refractivity (Wildman–Crippen MR) is 63.2 cm³/mol. The highest BCUT2D eigenvalue weighted by molar-refractivity contribution is 6.22. The third-order valence-corrected chi connectivity index (χ3v) is 2.53. The number of hydrazine groups is 1. The monoisotopic (exact) mass is 248 g/mol. The van der Waals surface area contributed by atoms with E-state index in [-0.39, 0.29) is 12.3 Å². The summed E-state index contributed by atoms with van der Waals surface area (Å²) in [5.74, 6) is -0.741. The molecule has 7 nitrogen and oxygen atoms in total. The molecule has 1 aliphatic rings. The number of amides is 4. The lowest BCUT2D eigenvalue weighted by Gasteiger charge is -2.15. The first-order chi connectivity index (χ1) is 8.59. The van der Waals surface area contributed by atoms with E-state index in [2.05, 4.69) is 10.9 Å². The molecule has 0 radical (unpaired) electrons. The number of carbonyl (C=O) groups excluding carboxylic acids is 3. The van der Waals surface area contributed by atoms with E-state index in [9.17, 15) is 14.4 Å². The molecule has 1 atom stereocenters. The van der Waals surface area contributed by atoms with Crippen LogP contribution in [-0.2, 0) is 9.59 Å². The van der Waals surface area contributed by atoms with Gasteiger partial charge in [-0.25, -0.2) is 15.1 Å². The molecule has 0 saturated carbocycles. The van der Waals surface area contributed by atoms with Gasteiger partial charge in [0, 0.05) is 0 Å². The van der Waals surface area contributed by atoms with E-state index in [0.717, 1.165) is 4.90 Å². The van der Waals surface area contributed by atoms with Crippen molar-refractivity contribution in [1.29, 1.82) is 0 Å². The molecule has 1 saturated heterocycles. The lowest BCUT2D eigenvalue weighted by atomic mass is 10.2. The van der Waals surface area contributed by atoms with Crippen LogP contribution in [0.1, 0.15) is 6.42 Å². The van der Waals surface area contributed by atoms with Crippen molar-refractivity contribution in [3.63, 3.8) is 0 Å². The fourth-order valence-corrected chi connectivity index (χ4v) is 1.75. The number of nitrogens with two attached hydrogens (primary N) is 1. The molecule has 4 N–H and O–H groups in total. The van der Waals surface area contributed by atoms with Crippen LogP contribution < -0.4 is 21.5 Å². The highest BCUT2D eigenvalue weighted by Crippen LogP contribution is 2.21. The first-order valence-electron chi connectivity index (χ1n) is 5.32. The first kappa shape index (κ1) is 12.1. The summed E-state index contributed by atoms with van der Waals surface area (Å²) >= 11 is 0. The fourth-order valence-electron chi connectivity index (χ4n) is 1.75. The van der Waals surface area contributed by atoms with Gasteiger partial charge in [0.1, 0.15) is 6.04 Å². The van der Waals surface area contributed by atoms with E-state index >= 15 is 0 Å². The van der Waals surface area contributed by atoms with Gasteiger partial charge in [-0.05, 0) is 12.1 Å². The Morgan fingerprint density at radius 3 is 2.56 bits per heavy atom. The largest absolute Gasteiger partial charge is 0.351 e. The summed E-state index contributed by atoms with van der Waals surface area (Å²) in [6.07, 6.45) is -0.0198. The normalized spacial score (nSPS) is 19.1. The molecular formula is C11H12N4O3. The number of anilines is 1. The number of hydrogen-bond donors (Lipinski definition) is 3. The maximum Gasteiger partial charge on any atom is 0.326 e. The number of carbonyl (C=O) groups is 3. The molecule has 0 aromatic heterocycles. The first-order valence-corrected chi connectivity index (χ1v) is 5.32. The molecule has 18 heavy (non-hydrogen) atoms. The molecule has 0 bridgehead atoms. The van der Waals surface area contributed by atoms with Crippen LogP contribution in [0.3, 0.4) is 0 Å². The van der Waals surface area contributed by atoms with Crippen LogP contribution in [-0.4, -0.2) is 23.9 Å². The van der Waals surface area contributed by atoms with Crippen molar-refractivity contribution in [2.75, 3.05) is 4.90 Å². The molecule has 1 heterocycles. The minimum Gasteiger partial charge on any atom is -0.351 e. The molecule has 4 amide bonds. The van der Waals surface area contributed by atoms with E-state index in [1.54, 1.807) is 30.3 Å². The number of rotatable bonds is 3. The van der Waals surface area contributed by atoms with Crippen LogP contribution in [0, 0.1) is 0 Å².